The van der Waals surface area contributed by atoms with Gasteiger partial charge in [0.2, 0.25) is 23.6 Å². The minimum Gasteiger partial charge on any atom is -0.494 e. The molecule has 3 aromatic heterocycles. The zero-order valence-electron chi connectivity index (χ0n) is 73.1. The summed E-state index contributed by atoms with van der Waals surface area (Å²) in [5.41, 5.74) is 18.9. The molecule has 9 heterocycles. The maximum absolute atomic E-state index is 14.3. The van der Waals surface area contributed by atoms with Crippen molar-refractivity contribution < 1.29 is 54.9 Å². The van der Waals surface area contributed by atoms with Crippen LogP contribution in [0.1, 0.15) is 147 Å². The van der Waals surface area contributed by atoms with Gasteiger partial charge in [0.25, 0.3) is 0 Å². The van der Waals surface area contributed by atoms with Gasteiger partial charge in [0, 0.05) is 70.5 Å². The third kappa shape index (κ3) is 17.9. The molecule has 15 aromatic rings. The van der Waals surface area contributed by atoms with Crippen LogP contribution in [0.25, 0.3) is 138 Å². The van der Waals surface area contributed by atoms with E-state index in [4.69, 9.17) is 58.8 Å². The summed E-state index contributed by atoms with van der Waals surface area (Å²) in [6.07, 6.45) is 26.5. The second-order valence-corrected chi connectivity index (χ2v) is 33.7. The van der Waals surface area contributed by atoms with E-state index in [1.165, 1.54) is 0 Å². The summed E-state index contributed by atoms with van der Waals surface area (Å²) in [6, 6.07) is 87.4. The Hall–Kier alpha value is -15.5. The minimum absolute atomic E-state index is 0. The van der Waals surface area contributed by atoms with E-state index >= 15 is 0 Å². The van der Waals surface area contributed by atoms with Crippen LogP contribution >= 0.6 is 0 Å². The number of hydrogen-bond acceptors (Lipinski definition) is 14. The van der Waals surface area contributed by atoms with Gasteiger partial charge in [0.15, 0.2) is 0 Å². The zero-order chi connectivity index (χ0) is 88.8. The minimum atomic E-state index is 0. The van der Waals surface area contributed by atoms with Gasteiger partial charge < -0.3 is 48.9 Å². The summed E-state index contributed by atoms with van der Waals surface area (Å²) >= 11 is 0. The first-order valence-corrected chi connectivity index (χ1v) is 45.7. The molecule has 133 heavy (non-hydrogen) atoms. The summed E-state index contributed by atoms with van der Waals surface area (Å²) in [5, 5.41) is 2.69. The standard InChI is InChI=1S/C112H92N12O8.Co/c125-101(121-93-37-17-9-29-73(93)49-50-74-30-10-18-38-94(74)121)45-5-1-25-65-129-81-57-61-85-89(69-81)109-113-105(85)118-110-91-71-83(131-67-27-3-7-47-103(127)123-97-41-21-13-33-77(97)53-54-78-34-14-22-42-98(78)123)59-63-87(91)107(115-110)120-112-92-72-84(132-68-28-4-8-48-104(128)124-99-43-23-15-35-79(99)55-56-80-36-16-24-44-100(80)124)60-64-88(92)108(116-112)119-111-90-70-82(58-62-86(90)106(114-111)117-109)130-66-26-2-6-46-102(126)122-95-39-19-11-31-75(95)51-52-76-32-12-20-40-96(76)122;/h9-24,29-44,49-64,69-72H,1-8,25-28,45-48,65-68H2;/q-2;+2. The maximum Gasteiger partial charge on any atom is 2.00 e. The Bertz CT molecular complexity index is 6750. The second-order valence-electron chi connectivity index (χ2n) is 33.7. The third-order valence-corrected chi connectivity index (χ3v) is 25.0. The molecule has 0 fully saturated rings. The number of para-hydroxylation sites is 8. The Morgan fingerprint density at radius 1 is 0.226 bits per heavy atom. The number of hydrogen-bond donors (Lipinski definition) is 0. The van der Waals surface area contributed by atoms with Gasteiger partial charge in [-0.25, -0.2) is 9.97 Å². The number of aromatic nitrogens is 8. The number of unbranched alkanes of at least 4 members (excludes halogenated alkanes) is 8. The molecule has 0 saturated carbocycles. The molecule has 8 bridgehead atoms. The number of rotatable bonds is 28. The topological polar surface area (TPSA) is 224 Å². The summed E-state index contributed by atoms with van der Waals surface area (Å²) in [7, 11) is 0. The summed E-state index contributed by atoms with van der Waals surface area (Å²) in [6.45, 7) is 1.55. The van der Waals surface area contributed by atoms with Gasteiger partial charge in [-0.3, -0.25) is 38.8 Å². The van der Waals surface area contributed by atoms with Crippen LogP contribution in [0.3, 0.4) is 0 Å². The molecular formula is C112H92CoN12O8. The molecule has 0 atom stereocenters. The average Bonchev–Trinajstić information content (AvgIpc) is 1.60. The number of ether oxygens (including phenoxy) is 4. The Labute approximate surface area is 780 Å². The normalized spacial score (nSPS) is 12.7. The molecule has 0 aliphatic carbocycles. The van der Waals surface area contributed by atoms with Crippen LogP contribution in [0.2, 0.25) is 0 Å². The summed E-state index contributed by atoms with van der Waals surface area (Å²) in [5.74, 6) is 3.90. The molecule has 21 rings (SSSR count). The molecular weight excluding hydrogens is 1700 g/mol. The molecule has 657 valence electrons. The zero-order valence-corrected chi connectivity index (χ0v) is 74.2. The Balaban J connectivity index is 0.0000110. The smallest absolute Gasteiger partial charge is 0.494 e. The SMILES string of the molecule is O=C(CCCCCOc1ccc2c(c1)-c1nc-2nc2[n-]c(nc3nc(nc4[n-]c(n1)c1ccc(OCCCCCC(=O)N5c6ccccc6C=Cc6ccccc65)cc41)-c1ccc(OCCCCCC(=O)N4c5ccccc5C=Cc5ccccc54)cc1-3)c1ccc(OCCCCCC(=O)N3c4ccccc4C=Cc4ccccc43)cc21)N1c2ccccc2C=Cc2ccccc21.[Co+2]. The molecule has 0 saturated heterocycles. The van der Waals surface area contributed by atoms with Crippen molar-refractivity contribution in [1.82, 2.24) is 39.9 Å². The van der Waals surface area contributed by atoms with E-state index in [9.17, 15) is 19.2 Å². The van der Waals surface area contributed by atoms with Crippen LogP contribution in [0.15, 0.2) is 267 Å². The van der Waals surface area contributed by atoms with Crippen molar-refractivity contribution in [3.05, 3.63) is 311 Å². The van der Waals surface area contributed by atoms with Gasteiger partial charge in [-0.1, -0.05) is 194 Å². The predicted molar refractivity (Wildman–Crippen MR) is 526 cm³/mol. The molecule has 4 amide bonds. The molecule has 0 N–H and O–H groups in total. The largest absolute Gasteiger partial charge is 2.00 e. The first-order chi connectivity index (χ1) is 65.1. The molecule has 1 radical (unpaired) electrons. The van der Waals surface area contributed by atoms with Gasteiger partial charge in [-0.2, -0.15) is 0 Å². The molecule has 20 nitrogen and oxygen atoms in total. The van der Waals surface area contributed by atoms with Crippen LogP contribution in [0, 0.1) is 0 Å². The van der Waals surface area contributed by atoms with E-state index in [1.54, 1.807) is 0 Å². The third-order valence-electron chi connectivity index (χ3n) is 25.0. The van der Waals surface area contributed by atoms with Crippen molar-refractivity contribution in [3.8, 4) is 68.5 Å². The van der Waals surface area contributed by atoms with Crippen molar-refractivity contribution in [2.45, 2.75) is 103 Å². The van der Waals surface area contributed by atoms with Gasteiger partial charge in [0.1, 0.15) is 23.0 Å². The number of anilines is 8. The molecule has 12 aromatic carbocycles. The number of carbonyl (C=O) groups excluding carboxylic acids is 4. The van der Waals surface area contributed by atoms with E-state index in [0.717, 1.165) is 116 Å². The first kappa shape index (κ1) is 85.6. The van der Waals surface area contributed by atoms with E-state index in [0.29, 0.717) is 216 Å². The van der Waals surface area contributed by atoms with E-state index in [2.05, 4.69) is 48.6 Å². The number of nitrogens with zero attached hydrogens (tertiary/aromatic N) is 12. The quantitative estimate of drug-likeness (QED) is 0.0416. The fourth-order valence-corrected chi connectivity index (χ4v) is 18.3. The van der Waals surface area contributed by atoms with Crippen molar-refractivity contribution in [1.29, 1.82) is 0 Å². The summed E-state index contributed by atoms with van der Waals surface area (Å²) in [4.78, 5) is 107. The monoisotopic (exact) mass is 1790 g/mol. The van der Waals surface area contributed by atoms with Crippen molar-refractivity contribution in [3.63, 3.8) is 0 Å². The Morgan fingerprint density at radius 2 is 0.444 bits per heavy atom. The predicted octanol–water partition coefficient (Wildman–Crippen LogP) is 25.3. The van der Waals surface area contributed by atoms with Crippen LogP contribution in [0.4, 0.5) is 45.5 Å². The van der Waals surface area contributed by atoms with E-state index in [-0.39, 0.29) is 40.4 Å². The fourth-order valence-electron chi connectivity index (χ4n) is 18.3. The average molecular weight is 1790 g/mol. The first-order valence-electron chi connectivity index (χ1n) is 45.7. The summed E-state index contributed by atoms with van der Waals surface area (Å²) < 4.78 is 26.4. The van der Waals surface area contributed by atoms with Crippen LogP contribution in [0.5, 0.6) is 23.0 Å². The van der Waals surface area contributed by atoms with Crippen molar-refractivity contribution >= 4 is 162 Å². The maximum atomic E-state index is 14.3. The van der Waals surface area contributed by atoms with E-state index < -0.39 is 0 Å². The van der Waals surface area contributed by atoms with Gasteiger partial charge >= 0.3 is 16.8 Å². The Morgan fingerprint density at radius 3 is 0.699 bits per heavy atom. The number of fused-ring (bicyclic) bond motifs is 28. The molecule has 21 heteroatoms. The number of benzene rings is 12. The number of amides is 4. The second kappa shape index (κ2) is 38.7. The van der Waals surface area contributed by atoms with E-state index in [1.807, 2.05) is 287 Å². The molecule has 0 spiro atoms. The van der Waals surface area contributed by atoms with Crippen molar-refractivity contribution in [2.75, 3.05) is 46.0 Å². The molecule has 6 aliphatic rings. The Kier molecular flexibility index (Phi) is 24.9. The van der Waals surface area contributed by atoms with Gasteiger partial charge in [0.05, 0.1) is 95.2 Å². The molecule has 0 unspecified atom stereocenters. The van der Waals surface area contributed by atoms with Crippen LogP contribution in [-0.2, 0) is 36.0 Å². The van der Waals surface area contributed by atoms with Crippen LogP contribution < -0.4 is 48.5 Å². The molecule has 6 aliphatic heterocycles. The van der Waals surface area contributed by atoms with Gasteiger partial charge in [-0.05, 0) is 264 Å². The van der Waals surface area contributed by atoms with Gasteiger partial charge in [-0.15, -0.1) is 0 Å². The van der Waals surface area contributed by atoms with Crippen molar-refractivity contribution in [2.24, 2.45) is 0 Å². The van der Waals surface area contributed by atoms with Crippen LogP contribution in [-0.4, -0.2) is 80.0 Å². The fraction of sp³-hybridized carbons (Fsp3) is 0.179. The number of carbonyl (C=O) groups is 4.